The number of unbranched alkanes of at least 4 members (excludes halogenated alkanes) is 1. The van der Waals surface area contributed by atoms with Crippen molar-refractivity contribution in [2.45, 2.75) is 19.8 Å². The number of rotatable bonds is 9. The van der Waals surface area contributed by atoms with Crippen LogP contribution in [0.4, 0.5) is 0 Å². The third-order valence-electron chi connectivity index (χ3n) is 3.15. The Bertz CT molecular complexity index is 486. The lowest BCUT2D eigenvalue weighted by Crippen LogP contribution is -2.32. The van der Waals surface area contributed by atoms with E-state index in [0.717, 1.165) is 18.4 Å². The van der Waals surface area contributed by atoms with Crippen LogP contribution in [-0.2, 0) is 9.59 Å². The fourth-order valence-electron chi connectivity index (χ4n) is 1.73. The predicted octanol–water partition coefficient (Wildman–Crippen LogP) is 1.34. The first-order valence-electron chi connectivity index (χ1n) is 7.53. The SMILES string of the molecule is C[C@@H](CO)C(=O)NCCCCNC(=O)/C=C/c1ccccc1. The average molecular weight is 304 g/mol. The lowest BCUT2D eigenvalue weighted by molar-refractivity contribution is -0.125. The van der Waals surface area contributed by atoms with Crippen molar-refractivity contribution in [2.24, 2.45) is 5.92 Å². The number of aliphatic hydroxyl groups excluding tert-OH is 1. The molecular weight excluding hydrogens is 280 g/mol. The maximum absolute atomic E-state index is 11.6. The molecule has 1 aromatic carbocycles. The average Bonchev–Trinajstić information content (AvgIpc) is 2.56. The molecule has 1 rings (SSSR count). The molecule has 0 aliphatic rings. The van der Waals surface area contributed by atoms with Crippen LogP contribution in [-0.4, -0.2) is 36.6 Å². The van der Waals surface area contributed by atoms with Gasteiger partial charge in [0, 0.05) is 19.2 Å². The Morgan fingerprint density at radius 1 is 1.14 bits per heavy atom. The van der Waals surface area contributed by atoms with Gasteiger partial charge in [-0.3, -0.25) is 9.59 Å². The fourth-order valence-corrected chi connectivity index (χ4v) is 1.73. The molecule has 0 radical (unpaired) electrons. The van der Waals surface area contributed by atoms with E-state index in [1.165, 1.54) is 6.08 Å². The van der Waals surface area contributed by atoms with Crippen LogP contribution in [0, 0.1) is 5.92 Å². The van der Waals surface area contributed by atoms with Crippen LogP contribution >= 0.6 is 0 Å². The highest BCUT2D eigenvalue weighted by Gasteiger charge is 2.09. The Labute approximate surface area is 131 Å². The predicted molar refractivity (Wildman–Crippen MR) is 87.0 cm³/mol. The van der Waals surface area contributed by atoms with Gasteiger partial charge in [0.1, 0.15) is 0 Å². The fraction of sp³-hybridized carbons (Fsp3) is 0.412. The molecule has 0 spiro atoms. The highest BCUT2D eigenvalue weighted by atomic mass is 16.3. The van der Waals surface area contributed by atoms with E-state index in [0.29, 0.717) is 13.1 Å². The van der Waals surface area contributed by atoms with Crippen LogP contribution in [0.25, 0.3) is 6.08 Å². The van der Waals surface area contributed by atoms with Crippen molar-refractivity contribution in [1.29, 1.82) is 0 Å². The molecule has 0 aliphatic heterocycles. The van der Waals surface area contributed by atoms with Gasteiger partial charge in [-0.15, -0.1) is 0 Å². The summed E-state index contributed by atoms with van der Waals surface area (Å²) in [5, 5.41) is 14.4. The third-order valence-corrected chi connectivity index (χ3v) is 3.15. The van der Waals surface area contributed by atoms with Crippen LogP contribution in [0.15, 0.2) is 36.4 Å². The van der Waals surface area contributed by atoms with Crippen molar-refractivity contribution in [2.75, 3.05) is 19.7 Å². The molecule has 22 heavy (non-hydrogen) atoms. The van der Waals surface area contributed by atoms with Gasteiger partial charge >= 0.3 is 0 Å². The molecule has 0 fully saturated rings. The Kier molecular flexibility index (Phi) is 8.60. The Hall–Kier alpha value is -2.14. The van der Waals surface area contributed by atoms with Crippen LogP contribution in [0.1, 0.15) is 25.3 Å². The van der Waals surface area contributed by atoms with E-state index in [1.807, 2.05) is 30.3 Å². The molecule has 120 valence electrons. The Balaban J connectivity index is 2.08. The normalized spacial score (nSPS) is 12.1. The monoisotopic (exact) mass is 304 g/mol. The molecule has 0 aromatic heterocycles. The summed E-state index contributed by atoms with van der Waals surface area (Å²) in [5.74, 6) is -0.637. The highest BCUT2D eigenvalue weighted by molar-refractivity contribution is 5.91. The molecule has 0 bridgehead atoms. The molecule has 1 aromatic rings. The van der Waals surface area contributed by atoms with Gasteiger partial charge in [0.15, 0.2) is 0 Å². The molecule has 1 atom stereocenters. The number of carbonyl (C=O) groups excluding carboxylic acids is 2. The molecule has 0 aliphatic carbocycles. The van der Waals surface area contributed by atoms with Crippen LogP contribution in [0.3, 0.4) is 0 Å². The minimum atomic E-state index is -0.372. The zero-order valence-corrected chi connectivity index (χ0v) is 12.9. The minimum absolute atomic E-state index is 0.123. The second-order valence-electron chi connectivity index (χ2n) is 5.12. The van der Waals surface area contributed by atoms with E-state index >= 15 is 0 Å². The number of nitrogens with one attached hydrogen (secondary N) is 2. The summed E-state index contributed by atoms with van der Waals surface area (Å²) in [7, 11) is 0. The first kappa shape index (κ1) is 17.9. The lowest BCUT2D eigenvalue weighted by Gasteiger charge is -2.09. The topological polar surface area (TPSA) is 78.4 Å². The maximum Gasteiger partial charge on any atom is 0.243 e. The van der Waals surface area contributed by atoms with Gasteiger partial charge in [-0.25, -0.2) is 0 Å². The first-order chi connectivity index (χ1) is 10.6. The number of hydrogen-bond donors (Lipinski definition) is 3. The van der Waals surface area contributed by atoms with Crippen molar-refractivity contribution in [3.63, 3.8) is 0 Å². The largest absolute Gasteiger partial charge is 0.396 e. The molecular formula is C17H24N2O3. The summed E-state index contributed by atoms with van der Waals surface area (Å²) in [6.45, 7) is 2.66. The number of aliphatic hydroxyl groups is 1. The van der Waals surface area contributed by atoms with Crippen molar-refractivity contribution < 1.29 is 14.7 Å². The van der Waals surface area contributed by atoms with E-state index in [2.05, 4.69) is 10.6 Å². The smallest absolute Gasteiger partial charge is 0.243 e. The van der Waals surface area contributed by atoms with Crippen molar-refractivity contribution in [3.05, 3.63) is 42.0 Å². The Morgan fingerprint density at radius 2 is 1.77 bits per heavy atom. The molecule has 5 heteroatoms. The summed E-state index contributed by atoms with van der Waals surface area (Å²) >= 11 is 0. The van der Waals surface area contributed by atoms with Crippen LogP contribution < -0.4 is 10.6 Å². The van der Waals surface area contributed by atoms with Crippen LogP contribution in [0.5, 0.6) is 0 Å². The summed E-state index contributed by atoms with van der Waals surface area (Å²) in [6, 6.07) is 9.63. The van der Waals surface area contributed by atoms with Gasteiger partial charge in [0.2, 0.25) is 11.8 Å². The zero-order valence-electron chi connectivity index (χ0n) is 12.9. The zero-order chi connectivity index (χ0) is 16.2. The molecule has 2 amide bonds. The van der Waals surface area contributed by atoms with Crippen molar-refractivity contribution in [1.82, 2.24) is 10.6 Å². The van der Waals surface area contributed by atoms with Gasteiger partial charge in [0.25, 0.3) is 0 Å². The second kappa shape index (κ2) is 10.6. The van der Waals surface area contributed by atoms with E-state index in [9.17, 15) is 9.59 Å². The third kappa shape index (κ3) is 7.59. The molecule has 0 saturated carbocycles. The summed E-state index contributed by atoms with van der Waals surface area (Å²) in [4.78, 5) is 23.0. The van der Waals surface area contributed by atoms with E-state index < -0.39 is 0 Å². The minimum Gasteiger partial charge on any atom is -0.396 e. The van der Waals surface area contributed by atoms with Crippen LogP contribution in [0.2, 0.25) is 0 Å². The summed E-state index contributed by atoms with van der Waals surface area (Å²) in [6.07, 6.45) is 4.86. The van der Waals surface area contributed by atoms with Crippen molar-refractivity contribution in [3.8, 4) is 0 Å². The quantitative estimate of drug-likeness (QED) is 0.476. The van der Waals surface area contributed by atoms with Gasteiger partial charge in [-0.2, -0.15) is 0 Å². The number of benzene rings is 1. The molecule has 0 heterocycles. The maximum atomic E-state index is 11.6. The standard InChI is InChI=1S/C17H24N2O3/c1-14(13-20)17(22)19-12-6-5-11-18-16(21)10-9-15-7-3-2-4-8-15/h2-4,7-10,14,20H,5-6,11-13H2,1H3,(H,18,21)(H,19,22)/b10-9+/t14-/m0/s1. The molecule has 0 unspecified atom stereocenters. The lowest BCUT2D eigenvalue weighted by atomic mass is 10.2. The van der Waals surface area contributed by atoms with E-state index in [4.69, 9.17) is 5.11 Å². The molecule has 0 saturated heterocycles. The highest BCUT2D eigenvalue weighted by Crippen LogP contribution is 2.00. The summed E-state index contributed by atoms with van der Waals surface area (Å²) < 4.78 is 0. The first-order valence-corrected chi connectivity index (χ1v) is 7.53. The van der Waals surface area contributed by atoms with Gasteiger partial charge in [-0.05, 0) is 24.5 Å². The Morgan fingerprint density at radius 3 is 2.41 bits per heavy atom. The molecule has 5 nitrogen and oxygen atoms in total. The summed E-state index contributed by atoms with van der Waals surface area (Å²) in [5.41, 5.74) is 0.985. The molecule has 3 N–H and O–H groups in total. The number of hydrogen-bond acceptors (Lipinski definition) is 3. The van der Waals surface area contributed by atoms with Gasteiger partial charge in [-0.1, -0.05) is 37.3 Å². The van der Waals surface area contributed by atoms with Gasteiger partial charge in [0.05, 0.1) is 12.5 Å². The number of carbonyl (C=O) groups is 2. The van der Waals surface area contributed by atoms with Crippen molar-refractivity contribution >= 4 is 17.9 Å². The number of amides is 2. The second-order valence-corrected chi connectivity index (χ2v) is 5.12. The van der Waals surface area contributed by atoms with E-state index in [-0.39, 0.29) is 24.3 Å². The van der Waals surface area contributed by atoms with E-state index in [1.54, 1.807) is 13.0 Å². The van der Waals surface area contributed by atoms with Gasteiger partial charge < -0.3 is 15.7 Å².